The van der Waals surface area contributed by atoms with E-state index in [1.807, 2.05) is 12.1 Å². The van der Waals surface area contributed by atoms with Crippen molar-refractivity contribution in [2.75, 3.05) is 0 Å². The van der Waals surface area contributed by atoms with Gasteiger partial charge >= 0.3 is 0 Å². The summed E-state index contributed by atoms with van der Waals surface area (Å²) >= 11 is 5.98. The van der Waals surface area contributed by atoms with Crippen LogP contribution in [0.4, 0.5) is 0 Å². The molecule has 2 fully saturated rings. The minimum absolute atomic E-state index is 0.226. The molecule has 0 saturated heterocycles. The van der Waals surface area contributed by atoms with E-state index in [1.54, 1.807) is 0 Å². The molecule has 1 aromatic rings. The van der Waals surface area contributed by atoms with E-state index in [4.69, 9.17) is 11.6 Å². The van der Waals surface area contributed by atoms with Gasteiger partial charge in [0, 0.05) is 17.9 Å². The van der Waals surface area contributed by atoms with Crippen molar-refractivity contribution in [1.29, 1.82) is 0 Å². The van der Waals surface area contributed by atoms with Crippen LogP contribution in [0.2, 0.25) is 5.02 Å². The van der Waals surface area contributed by atoms with Crippen molar-refractivity contribution in [3.8, 4) is 0 Å². The summed E-state index contributed by atoms with van der Waals surface area (Å²) in [6, 6.07) is 8.13. The second kappa shape index (κ2) is 6.72. The van der Waals surface area contributed by atoms with E-state index in [2.05, 4.69) is 18.2 Å². The second-order valence-electron chi connectivity index (χ2n) is 8.04. The first kappa shape index (κ1) is 17.0. The van der Waals surface area contributed by atoms with Crippen LogP contribution in [0.3, 0.4) is 0 Å². The molecule has 1 spiro atoms. The fourth-order valence-corrected chi connectivity index (χ4v) is 5.36. The van der Waals surface area contributed by atoms with Crippen molar-refractivity contribution in [3.63, 3.8) is 0 Å². The lowest BCUT2D eigenvalue weighted by molar-refractivity contribution is -0.137. The van der Waals surface area contributed by atoms with Crippen LogP contribution in [0.5, 0.6) is 0 Å². The van der Waals surface area contributed by atoms with E-state index >= 15 is 0 Å². The first-order valence-corrected chi connectivity index (χ1v) is 9.98. The SMILES string of the molecule is O=C1CCC(=O)C12CCC(C1CC=C(c3ccc(Cl)cc3)CC1)CC2. The number of benzene rings is 1. The first-order valence-electron chi connectivity index (χ1n) is 9.60. The molecule has 3 heteroatoms. The number of halogens is 1. The summed E-state index contributed by atoms with van der Waals surface area (Å²) in [6.45, 7) is 0. The zero-order valence-corrected chi connectivity index (χ0v) is 15.4. The Morgan fingerprint density at radius 1 is 0.840 bits per heavy atom. The molecule has 132 valence electrons. The number of carbonyl (C=O) groups excluding carboxylic acids is 2. The molecule has 0 bridgehead atoms. The van der Waals surface area contributed by atoms with Gasteiger partial charge in [0.15, 0.2) is 0 Å². The molecule has 1 unspecified atom stereocenters. The largest absolute Gasteiger partial charge is 0.299 e. The summed E-state index contributed by atoms with van der Waals surface area (Å²) in [5, 5.41) is 0.783. The van der Waals surface area contributed by atoms with Crippen molar-refractivity contribution in [1.82, 2.24) is 0 Å². The van der Waals surface area contributed by atoms with Gasteiger partial charge in [-0.15, -0.1) is 0 Å². The maximum atomic E-state index is 12.2. The molecule has 25 heavy (non-hydrogen) atoms. The number of ketones is 2. The third-order valence-corrected chi connectivity index (χ3v) is 7.12. The van der Waals surface area contributed by atoms with Gasteiger partial charge in [-0.3, -0.25) is 9.59 Å². The normalized spacial score (nSPS) is 26.9. The molecule has 2 nitrogen and oxygen atoms in total. The van der Waals surface area contributed by atoms with Crippen molar-refractivity contribution < 1.29 is 9.59 Å². The van der Waals surface area contributed by atoms with Crippen LogP contribution in [0.1, 0.15) is 63.4 Å². The van der Waals surface area contributed by atoms with Crippen molar-refractivity contribution in [2.24, 2.45) is 17.3 Å². The maximum absolute atomic E-state index is 12.2. The van der Waals surface area contributed by atoms with E-state index in [0.717, 1.165) is 43.5 Å². The molecule has 0 radical (unpaired) electrons. The number of hydrogen-bond donors (Lipinski definition) is 0. The van der Waals surface area contributed by atoms with Crippen LogP contribution in [-0.2, 0) is 9.59 Å². The number of allylic oxidation sites excluding steroid dienone is 2. The van der Waals surface area contributed by atoms with Crippen LogP contribution < -0.4 is 0 Å². The highest BCUT2D eigenvalue weighted by atomic mass is 35.5. The summed E-state index contributed by atoms with van der Waals surface area (Å²) in [5.41, 5.74) is 2.14. The summed E-state index contributed by atoms with van der Waals surface area (Å²) in [4.78, 5) is 24.5. The minimum atomic E-state index is -0.574. The summed E-state index contributed by atoms with van der Waals surface area (Å²) < 4.78 is 0. The molecule has 1 aromatic carbocycles. The predicted octanol–water partition coefficient (Wildman–Crippen LogP) is 5.63. The second-order valence-corrected chi connectivity index (χ2v) is 8.47. The summed E-state index contributed by atoms with van der Waals surface area (Å²) in [7, 11) is 0. The monoisotopic (exact) mass is 356 g/mol. The molecular formula is C22H25ClO2. The van der Waals surface area contributed by atoms with Crippen molar-refractivity contribution in [3.05, 3.63) is 40.9 Å². The summed E-state index contributed by atoms with van der Waals surface area (Å²) in [5.74, 6) is 1.84. The molecule has 4 rings (SSSR count). The molecule has 2 saturated carbocycles. The lowest BCUT2D eigenvalue weighted by Crippen LogP contribution is -2.38. The van der Waals surface area contributed by atoms with E-state index in [0.29, 0.717) is 24.7 Å². The fourth-order valence-electron chi connectivity index (χ4n) is 5.23. The minimum Gasteiger partial charge on any atom is -0.299 e. The zero-order chi connectivity index (χ0) is 17.4. The number of carbonyl (C=O) groups is 2. The molecule has 0 amide bonds. The van der Waals surface area contributed by atoms with Gasteiger partial charge in [0.05, 0.1) is 5.41 Å². The van der Waals surface area contributed by atoms with E-state index < -0.39 is 5.41 Å². The Kier molecular flexibility index (Phi) is 4.58. The lowest BCUT2D eigenvalue weighted by Gasteiger charge is -2.39. The van der Waals surface area contributed by atoms with E-state index in [1.165, 1.54) is 17.6 Å². The molecule has 0 heterocycles. The fraction of sp³-hybridized carbons (Fsp3) is 0.545. The Balaban J connectivity index is 1.38. The van der Waals surface area contributed by atoms with Crippen LogP contribution >= 0.6 is 11.6 Å². The van der Waals surface area contributed by atoms with Crippen LogP contribution in [-0.4, -0.2) is 11.6 Å². The Morgan fingerprint density at radius 3 is 2.04 bits per heavy atom. The van der Waals surface area contributed by atoms with Gasteiger partial charge in [-0.1, -0.05) is 29.8 Å². The van der Waals surface area contributed by atoms with E-state index in [-0.39, 0.29) is 11.6 Å². The molecule has 1 atom stereocenters. The third-order valence-electron chi connectivity index (χ3n) is 6.86. The highest BCUT2D eigenvalue weighted by Crippen LogP contribution is 2.49. The average Bonchev–Trinajstić information content (AvgIpc) is 2.92. The molecular weight excluding hydrogens is 332 g/mol. The lowest BCUT2D eigenvalue weighted by atomic mass is 9.64. The molecule has 0 aromatic heterocycles. The highest BCUT2D eigenvalue weighted by molar-refractivity contribution is 6.30. The zero-order valence-electron chi connectivity index (χ0n) is 14.6. The summed E-state index contributed by atoms with van der Waals surface area (Å²) in [6.07, 6.45) is 10.5. The van der Waals surface area contributed by atoms with Gasteiger partial charge in [-0.2, -0.15) is 0 Å². The Bertz CT molecular complexity index is 690. The van der Waals surface area contributed by atoms with Crippen LogP contribution in [0.25, 0.3) is 5.57 Å². The standard InChI is InChI=1S/C22H25ClO2/c23-19-7-5-17(6-8-19)15-1-3-16(4-2-15)18-11-13-22(14-12-18)20(24)9-10-21(22)25/h1,5-8,16,18H,2-4,9-14H2. The number of Topliss-reactive ketones (excluding diaryl/α,β-unsaturated/α-hetero) is 2. The maximum Gasteiger partial charge on any atom is 0.146 e. The molecule has 0 N–H and O–H groups in total. The Hall–Kier alpha value is -1.41. The topological polar surface area (TPSA) is 34.1 Å². The van der Waals surface area contributed by atoms with Gasteiger partial charge < -0.3 is 0 Å². The van der Waals surface area contributed by atoms with E-state index in [9.17, 15) is 9.59 Å². The smallest absolute Gasteiger partial charge is 0.146 e. The van der Waals surface area contributed by atoms with Gasteiger partial charge in [0.1, 0.15) is 11.6 Å². The quantitative estimate of drug-likeness (QED) is 0.643. The molecule has 0 aliphatic heterocycles. The molecule has 3 aliphatic rings. The number of hydrogen-bond acceptors (Lipinski definition) is 2. The third kappa shape index (κ3) is 3.10. The van der Waals surface area contributed by atoms with Gasteiger partial charge in [-0.05, 0) is 80.1 Å². The van der Waals surface area contributed by atoms with Gasteiger partial charge in [-0.25, -0.2) is 0 Å². The Labute approximate surface area is 154 Å². The van der Waals surface area contributed by atoms with Crippen molar-refractivity contribution >= 4 is 28.7 Å². The van der Waals surface area contributed by atoms with Gasteiger partial charge in [0.2, 0.25) is 0 Å². The highest BCUT2D eigenvalue weighted by Gasteiger charge is 2.51. The number of rotatable bonds is 2. The van der Waals surface area contributed by atoms with Gasteiger partial charge in [0.25, 0.3) is 0 Å². The van der Waals surface area contributed by atoms with Crippen molar-refractivity contribution in [2.45, 2.75) is 57.8 Å². The van der Waals surface area contributed by atoms with Crippen LogP contribution in [0.15, 0.2) is 30.3 Å². The first-order chi connectivity index (χ1) is 12.1. The predicted molar refractivity (Wildman–Crippen MR) is 100 cm³/mol. The van der Waals surface area contributed by atoms with Crippen LogP contribution in [0, 0.1) is 17.3 Å². The average molecular weight is 357 g/mol. The Morgan fingerprint density at radius 2 is 1.48 bits per heavy atom. The molecule has 3 aliphatic carbocycles.